The molecule has 0 unspecified atom stereocenters. The molecule has 0 spiro atoms. The Bertz CT molecular complexity index is 291. The standard InChI is InChI=1S/C10H19N3O4/c1-7(2)12-8(14)5-11-9(15)6-13(3)10(16)17-4/h7H,5-6H2,1-4H3,(H,11,15)(H,12,14). The molecule has 0 aromatic rings. The van der Waals surface area contributed by atoms with Crippen LogP contribution < -0.4 is 10.6 Å². The minimum absolute atomic E-state index is 0.0251. The van der Waals surface area contributed by atoms with E-state index in [-0.39, 0.29) is 25.0 Å². The highest BCUT2D eigenvalue weighted by Crippen LogP contribution is 1.87. The summed E-state index contributed by atoms with van der Waals surface area (Å²) in [5.41, 5.74) is 0. The Kier molecular flexibility index (Phi) is 6.69. The van der Waals surface area contributed by atoms with Crippen molar-refractivity contribution in [2.75, 3.05) is 27.2 Å². The average molecular weight is 245 g/mol. The number of hydrogen-bond donors (Lipinski definition) is 2. The van der Waals surface area contributed by atoms with Gasteiger partial charge in [-0.15, -0.1) is 0 Å². The summed E-state index contributed by atoms with van der Waals surface area (Å²) in [5, 5.41) is 5.02. The molecule has 3 amide bonds. The molecule has 0 atom stereocenters. The molecule has 0 aliphatic carbocycles. The second-order valence-electron chi connectivity index (χ2n) is 3.83. The maximum absolute atomic E-state index is 11.3. The normalized spacial score (nSPS) is 9.71. The number of methoxy groups -OCH3 is 1. The summed E-state index contributed by atoms with van der Waals surface area (Å²) >= 11 is 0. The topological polar surface area (TPSA) is 87.7 Å². The fourth-order valence-electron chi connectivity index (χ4n) is 1.04. The van der Waals surface area contributed by atoms with E-state index in [1.54, 1.807) is 0 Å². The predicted molar refractivity (Wildman–Crippen MR) is 61.3 cm³/mol. The minimum Gasteiger partial charge on any atom is -0.453 e. The summed E-state index contributed by atoms with van der Waals surface area (Å²) < 4.78 is 4.42. The van der Waals surface area contributed by atoms with Crippen LogP contribution in [0.1, 0.15) is 13.8 Å². The number of carbonyl (C=O) groups excluding carboxylic acids is 3. The number of hydrogen-bond acceptors (Lipinski definition) is 4. The molecule has 7 heteroatoms. The van der Waals surface area contributed by atoms with Crippen LogP contribution in [0.2, 0.25) is 0 Å². The van der Waals surface area contributed by atoms with E-state index < -0.39 is 12.0 Å². The lowest BCUT2D eigenvalue weighted by Crippen LogP contribution is -2.43. The highest BCUT2D eigenvalue weighted by atomic mass is 16.5. The zero-order valence-electron chi connectivity index (χ0n) is 10.6. The summed E-state index contributed by atoms with van der Waals surface area (Å²) in [5.74, 6) is -0.689. The average Bonchev–Trinajstić information content (AvgIpc) is 2.24. The molecule has 0 saturated heterocycles. The third-order valence-electron chi connectivity index (χ3n) is 1.76. The predicted octanol–water partition coefficient (Wildman–Crippen LogP) is -0.675. The SMILES string of the molecule is COC(=O)N(C)CC(=O)NCC(=O)NC(C)C. The van der Waals surface area contributed by atoms with Crippen molar-refractivity contribution in [3.63, 3.8) is 0 Å². The summed E-state index contributed by atoms with van der Waals surface area (Å²) in [4.78, 5) is 34.6. The fraction of sp³-hybridized carbons (Fsp3) is 0.700. The highest BCUT2D eigenvalue weighted by molar-refractivity contribution is 5.87. The van der Waals surface area contributed by atoms with Crippen LogP contribution >= 0.6 is 0 Å². The van der Waals surface area contributed by atoms with E-state index in [0.29, 0.717) is 0 Å². The highest BCUT2D eigenvalue weighted by Gasteiger charge is 2.13. The van der Waals surface area contributed by atoms with Crippen molar-refractivity contribution in [1.82, 2.24) is 15.5 Å². The quantitative estimate of drug-likeness (QED) is 0.672. The van der Waals surface area contributed by atoms with Gasteiger partial charge in [-0.1, -0.05) is 0 Å². The molecule has 7 nitrogen and oxygen atoms in total. The molecule has 0 heterocycles. The molecule has 0 radical (unpaired) electrons. The van der Waals surface area contributed by atoms with Gasteiger partial charge < -0.3 is 20.3 Å². The smallest absolute Gasteiger partial charge is 0.409 e. The van der Waals surface area contributed by atoms with Gasteiger partial charge in [-0.05, 0) is 13.8 Å². The van der Waals surface area contributed by atoms with Crippen LogP contribution in [0, 0.1) is 0 Å². The fourth-order valence-corrected chi connectivity index (χ4v) is 1.04. The van der Waals surface area contributed by atoms with Crippen molar-refractivity contribution in [3.05, 3.63) is 0 Å². The van der Waals surface area contributed by atoms with Gasteiger partial charge in [0.15, 0.2) is 0 Å². The van der Waals surface area contributed by atoms with Gasteiger partial charge >= 0.3 is 6.09 Å². The number of carbonyl (C=O) groups is 3. The second-order valence-corrected chi connectivity index (χ2v) is 3.83. The van der Waals surface area contributed by atoms with Gasteiger partial charge in [0.25, 0.3) is 0 Å². The molecule has 17 heavy (non-hydrogen) atoms. The first-order valence-corrected chi connectivity index (χ1v) is 5.22. The summed E-state index contributed by atoms with van der Waals surface area (Å²) in [6.45, 7) is 3.39. The molecule has 0 aromatic carbocycles. The zero-order chi connectivity index (χ0) is 13.4. The molecule has 0 fully saturated rings. The summed E-state index contributed by atoms with van der Waals surface area (Å²) in [6, 6.07) is 0.0251. The third kappa shape index (κ3) is 7.15. The maximum Gasteiger partial charge on any atom is 0.409 e. The lowest BCUT2D eigenvalue weighted by Gasteiger charge is -2.15. The van der Waals surface area contributed by atoms with Crippen LogP contribution in [-0.2, 0) is 14.3 Å². The van der Waals surface area contributed by atoms with Crippen LogP contribution in [0.25, 0.3) is 0 Å². The van der Waals surface area contributed by atoms with Crippen molar-refractivity contribution in [2.45, 2.75) is 19.9 Å². The van der Waals surface area contributed by atoms with Gasteiger partial charge in [0, 0.05) is 13.1 Å². The van der Waals surface area contributed by atoms with Gasteiger partial charge in [-0.3, -0.25) is 9.59 Å². The lowest BCUT2D eigenvalue weighted by molar-refractivity contribution is -0.126. The Morgan fingerprint density at radius 3 is 2.29 bits per heavy atom. The number of ether oxygens (including phenoxy) is 1. The van der Waals surface area contributed by atoms with Crippen LogP contribution in [0.3, 0.4) is 0 Å². The monoisotopic (exact) mass is 245 g/mol. The van der Waals surface area contributed by atoms with Crippen molar-refractivity contribution < 1.29 is 19.1 Å². The Labute approximate surface area is 100 Å². The molecule has 0 aliphatic rings. The molecular weight excluding hydrogens is 226 g/mol. The van der Waals surface area contributed by atoms with Crippen LogP contribution in [0.5, 0.6) is 0 Å². The zero-order valence-corrected chi connectivity index (χ0v) is 10.6. The molecule has 0 aromatic heterocycles. The third-order valence-corrected chi connectivity index (χ3v) is 1.76. The molecule has 0 rings (SSSR count). The molecule has 0 saturated carbocycles. The van der Waals surface area contributed by atoms with Crippen LogP contribution in [0.15, 0.2) is 0 Å². The van der Waals surface area contributed by atoms with Crippen molar-refractivity contribution in [3.8, 4) is 0 Å². The van der Waals surface area contributed by atoms with Crippen LogP contribution in [0.4, 0.5) is 4.79 Å². The first-order valence-electron chi connectivity index (χ1n) is 5.22. The van der Waals surface area contributed by atoms with E-state index in [1.165, 1.54) is 14.2 Å². The number of nitrogens with one attached hydrogen (secondary N) is 2. The van der Waals surface area contributed by atoms with Gasteiger partial charge in [0.05, 0.1) is 13.7 Å². The van der Waals surface area contributed by atoms with E-state index in [4.69, 9.17) is 0 Å². The first kappa shape index (κ1) is 15.2. The summed E-state index contributed by atoms with van der Waals surface area (Å²) in [6.07, 6.45) is -0.605. The largest absolute Gasteiger partial charge is 0.453 e. The maximum atomic E-state index is 11.3. The van der Waals surface area contributed by atoms with Crippen LogP contribution in [-0.4, -0.2) is 56.1 Å². The molecule has 2 N–H and O–H groups in total. The van der Waals surface area contributed by atoms with E-state index in [9.17, 15) is 14.4 Å². The van der Waals surface area contributed by atoms with Gasteiger partial charge in [0.1, 0.15) is 6.54 Å². The Balaban J connectivity index is 3.87. The van der Waals surface area contributed by atoms with E-state index in [2.05, 4.69) is 15.4 Å². The number of amides is 3. The first-order chi connectivity index (χ1) is 7.86. The Hall–Kier alpha value is -1.79. The van der Waals surface area contributed by atoms with E-state index >= 15 is 0 Å². The summed E-state index contributed by atoms with van der Waals surface area (Å²) in [7, 11) is 2.66. The molecule has 0 aliphatic heterocycles. The van der Waals surface area contributed by atoms with Gasteiger partial charge in [-0.25, -0.2) is 4.79 Å². The van der Waals surface area contributed by atoms with Crippen molar-refractivity contribution >= 4 is 17.9 Å². The van der Waals surface area contributed by atoms with E-state index in [1.807, 2.05) is 13.8 Å². The Morgan fingerprint density at radius 1 is 1.24 bits per heavy atom. The molecular formula is C10H19N3O4. The van der Waals surface area contributed by atoms with Gasteiger partial charge in [-0.2, -0.15) is 0 Å². The second kappa shape index (κ2) is 7.48. The lowest BCUT2D eigenvalue weighted by atomic mass is 10.4. The number of nitrogens with zero attached hydrogens (tertiary/aromatic N) is 1. The minimum atomic E-state index is -0.605. The van der Waals surface area contributed by atoms with Gasteiger partial charge in [0.2, 0.25) is 11.8 Å². The van der Waals surface area contributed by atoms with Crippen molar-refractivity contribution in [1.29, 1.82) is 0 Å². The Morgan fingerprint density at radius 2 is 1.82 bits per heavy atom. The number of rotatable bonds is 5. The van der Waals surface area contributed by atoms with Crippen molar-refractivity contribution in [2.24, 2.45) is 0 Å². The number of likely N-dealkylation sites (N-methyl/N-ethyl adjacent to an activating group) is 1. The van der Waals surface area contributed by atoms with E-state index in [0.717, 1.165) is 4.90 Å². The molecule has 98 valence electrons. The molecule has 0 bridgehead atoms.